The van der Waals surface area contributed by atoms with E-state index >= 15 is 0 Å². The van der Waals surface area contributed by atoms with Crippen molar-refractivity contribution in [2.24, 2.45) is 0 Å². The molecule has 2 rings (SSSR count). The van der Waals surface area contributed by atoms with Crippen LogP contribution in [-0.2, 0) is 4.79 Å². The molecule has 118 valence electrons. The standard InChI is InChI=1S/C18H15BrO3S/c1-2-3-12-22-15-8-10-16(11-9-15)23-17(18(20)21)13-4-6-14(19)7-5-13/h4-11,17H,12H2,1H3,(H,20,21). The largest absolute Gasteiger partial charge is 0.481 e. The maximum Gasteiger partial charge on any atom is 0.321 e. The van der Waals surface area contributed by atoms with Gasteiger partial charge in [-0.3, -0.25) is 4.79 Å². The molecule has 0 saturated heterocycles. The number of thioether (sulfide) groups is 1. The topological polar surface area (TPSA) is 46.5 Å². The summed E-state index contributed by atoms with van der Waals surface area (Å²) in [6.45, 7) is 2.11. The molecule has 1 unspecified atom stereocenters. The number of carboxylic acids is 1. The van der Waals surface area contributed by atoms with Gasteiger partial charge >= 0.3 is 5.97 Å². The Morgan fingerprint density at radius 1 is 1.22 bits per heavy atom. The van der Waals surface area contributed by atoms with E-state index < -0.39 is 11.2 Å². The average Bonchev–Trinajstić information content (AvgIpc) is 2.55. The maximum atomic E-state index is 11.6. The first kappa shape index (κ1) is 17.5. The molecule has 5 heteroatoms. The number of carbonyl (C=O) groups is 1. The Labute approximate surface area is 148 Å². The van der Waals surface area contributed by atoms with Crippen LogP contribution in [0.5, 0.6) is 5.75 Å². The van der Waals surface area contributed by atoms with Crippen molar-refractivity contribution in [3.8, 4) is 17.6 Å². The van der Waals surface area contributed by atoms with Gasteiger partial charge < -0.3 is 9.84 Å². The quantitative estimate of drug-likeness (QED) is 0.569. The van der Waals surface area contributed by atoms with Crippen LogP contribution in [0, 0.1) is 11.8 Å². The third-order valence-corrected chi connectivity index (χ3v) is 4.74. The highest BCUT2D eigenvalue weighted by atomic mass is 79.9. The Morgan fingerprint density at radius 2 is 1.87 bits per heavy atom. The molecular weight excluding hydrogens is 376 g/mol. The normalized spacial score (nSPS) is 11.2. The summed E-state index contributed by atoms with van der Waals surface area (Å²) in [5.41, 5.74) is 0.754. The highest BCUT2D eigenvalue weighted by molar-refractivity contribution is 9.10. The zero-order valence-corrected chi connectivity index (χ0v) is 14.9. The summed E-state index contributed by atoms with van der Waals surface area (Å²) in [6, 6.07) is 14.7. The molecule has 23 heavy (non-hydrogen) atoms. The molecule has 0 aliphatic rings. The SMILES string of the molecule is CC#CCOc1ccc(SC(C(=O)O)c2ccc(Br)cc2)cc1. The molecule has 0 aliphatic carbocycles. The number of halogens is 1. The second kappa shape index (κ2) is 8.66. The molecule has 0 spiro atoms. The van der Waals surface area contributed by atoms with E-state index in [1.165, 1.54) is 11.8 Å². The van der Waals surface area contributed by atoms with Crippen LogP contribution in [0.15, 0.2) is 57.9 Å². The molecule has 3 nitrogen and oxygen atoms in total. The molecule has 2 aromatic carbocycles. The fourth-order valence-corrected chi connectivity index (χ4v) is 3.06. The van der Waals surface area contributed by atoms with Crippen molar-refractivity contribution in [1.82, 2.24) is 0 Å². The molecule has 1 N–H and O–H groups in total. The van der Waals surface area contributed by atoms with Gasteiger partial charge in [-0.25, -0.2) is 0 Å². The number of rotatable bonds is 6. The third kappa shape index (κ3) is 5.34. The van der Waals surface area contributed by atoms with Gasteiger partial charge in [-0.05, 0) is 48.9 Å². The lowest BCUT2D eigenvalue weighted by Crippen LogP contribution is -2.07. The van der Waals surface area contributed by atoms with E-state index in [1.54, 1.807) is 6.92 Å². The summed E-state index contributed by atoms with van der Waals surface area (Å²) < 4.78 is 6.37. The number of carboxylic acid groups (broad SMARTS) is 1. The predicted octanol–water partition coefficient (Wildman–Crippen LogP) is 4.77. The van der Waals surface area contributed by atoms with Crippen molar-refractivity contribution in [3.63, 3.8) is 0 Å². The molecule has 0 fully saturated rings. The van der Waals surface area contributed by atoms with Crippen molar-refractivity contribution in [1.29, 1.82) is 0 Å². The molecule has 0 saturated carbocycles. The van der Waals surface area contributed by atoms with Crippen LogP contribution >= 0.6 is 27.7 Å². The van der Waals surface area contributed by atoms with E-state index in [2.05, 4.69) is 27.8 Å². The van der Waals surface area contributed by atoms with Crippen molar-refractivity contribution >= 4 is 33.7 Å². The Hall–Kier alpha value is -1.90. The monoisotopic (exact) mass is 390 g/mol. The number of ether oxygens (including phenoxy) is 1. The predicted molar refractivity (Wildman–Crippen MR) is 95.8 cm³/mol. The molecule has 0 amide bonds. The lowest BCUT2D eigenvalue weighted by atomic mass is 10.1. The molecule has 0 aromatic heterocycles. The van der Waals surface area contributed by atoms with E-state index in [0.29, 0.717) is 12.4 Å². The van der Waals surface area contributed by atoms with Crippen LogP contribution < -0.4 is 4.74 Å². The summed E-state index contributed by atoms with van der Waals surface area (Å²) in [6.07, 6.45) is 0. The molecule has 0 heterocycles. The van der Waals surface area contributed by atoms with Gasteiger partial charge in [-0.2, -0.15) is 0 Å². The Bertz CT molecular complexity index is 715. The van der Waals surface area contributed by atoms with E-state index in [9.17, 15) is 9.90 Å². The van der Waals surface area contributed by atoms with Crippen LogP contribution in [0.2, 0.25) is 0 Å². The summed E-state index contributed by atoms with van der Waals surface area (Å²) >= 11 is 4.65. The molecule has 0 aliphatic heterocycles. The van der Waals surface area contributed by atoms with Crippen molar-refractivity contribution in [3.05, 3.63) is 58.6 Å². The second-order valence-electron chi connectivity index (χ2n) is 4.57. The molecule has 1 atom stereocenters. The van der Waals surface area contributed by atoms with E-state index in [1.807, 2.05) is 48.5 Å². The first-order chi connectivity index (χ1) is 11.1. The van der Waals surface area contributed by atoms with Crippen LogP contribution in [0.25, 0.3) is 0 Å². The minimum absolute atomic E-state index is 0.347. The van der Waals surface area contributed by atoms with Gasteiger partial charge in [0, 0.05) is 9.37 Å². The van der Waals surface area contributed by atoms with Gasteiger partial charge in [0.1, 0.15) is 17.6 Å². The van der Waals surface area contributed by atoms with Crippen molar-refractivity contribution < 1.29 is 14.6 Å². The Kier molecular flexibility index (Phi) is 6.57. The third-order valence-electron chi connectivity index (χ3n) is 2.96. The molecular formula is C18H15BrO3S. The van der Waals surface area contributed by atoms with Crippen LogP contribution in [0.4, 0.5) is 0 Å². The first-order valence-electron chi connectivity index (χ1n) is 6.87. The van der Waals surface area contributed by atoms with Gasteiger partial charge in [0.15, 0.2) is 0 Å². The van der Waals surface area contributed by atoms with Crippen LogP contribution in [0.3, 0.4) is 0 Å². The Morgan fingerprint density at radius 3 is 2.43 bits per heavy atom. The zero-order valence-electron chi connectivity index (χ0n) is 12.5. The number of aliphatic carboxylic acids is 1. The van der Waals surface area contributed by atoms with Crippen molar-refractivity contribution in [2.75, 3.05) is 6.61 Å². The maximum absolute atomic E-state index is 11.6. The number of hydrogen-bond acceptors (Lipinski definition) is 3. The van der Waals surface area contributed by atoms with Crippen LogP contribution in [0.1, 0.15) is 17.7 Å². The van der Waals surface area contributed by atoms with Gasteiger partial charge in [0.2, 0.25) is 0 Å². The van der Waals surface area contributed by atoms with Gasteiger partial charge in [-0.15, -0.1) is 17.7 Å². The number of hydrogen-bond donors (Lipinski definition) is 1. The Balaban J connectivity index is 2.09. The van der Waals surface area contributed by atoms with E-state index in [-0.39, 0.29) is 0 Å². The zero-order chi connectivity index (χ0) is 16.7. The van der Waals surface area contributed by atoms with Gasteiger partial charge in [0.05, 0.1) is 0 Å². The molecule has 2 aromatic rings. The molecule has 0 radical (unpaired) electrons. The highest BCUT2D eigenvalue weighted by Crippen LogP contribution is 2.36. The highest BCUT2D eigenvalue weighted by Gasteiger charge is 2.21. The molecule has 0 bridgehead atoms. The minimum atomic E-state index is -0.865. The number of benzene rings is 2. The summed E-state index contributed by atoms with van der Waals surface area (Å²) in [5, 5.41) is 8.83. The summed E-state index contributed by atoms with van der Waals surface area (Å²) in [7, 11) is 0. The van der Waals surface area contributed by atoms with Gasteiger partial charge in [-0.1, -0.05) is 34.0 Å². The average molecular weight is 391 g/mol. The van der Waals surface area contributed by atoms with E-state index in [0.717, 1.165) is 14.9 Å². The van der Waals surface area contributed by atoms with E-state index in [4.69, 9.17) is 4.74 Å². The van der Waals surface area contributed by atoms with Crippen molar-refractivity contribution in [2.45, 2.75) is 17.1 Å². The second-order valence-corrected chi connectivity index (χ2v) is 6.67. The summed E-state index contributed by atoms with van der Waals surface area (Å²) in [5.74, 6) is 5.44. The fourth-order valence-electron chi connectivity index (χ4n) is 1.84. The van der Waals surface area contributed by atoms with Crippen LogP contribution in [-0.4, -0.2) is 17.7 Å². The lowest BCUT2D eigenvalue weighted by molar-refractivity contribution is -0.136. The lowest BCUT2D eigenvalue weighted by Gasteiger charge is -2.13. The summed E-state index contributed by atoms with van der Waals surface area (Å²) in [4.78, 5) is 12.4. The smallest absolute Gasteiger partial charge is 0.321 e. The first-order valence-corrected chi connectivity index (χ1v) is 8.55. The van der Waals surface area contributed by atoms with Gasteiger partial charge in [0.25, 0.3) is 0 Å². The minimum Gasteiger partial charge on any atom is -0.481 e. The fraction of sp³-hybridized carbons (Fsp3) is 0.167.